The Morgan fingerprint density at radius 2 is 2.05 bits per heavy atom. The summed E-state index contributed by atoms with van der Waals surface area (Å²) in [4.78, 5) is 12.0. The first-order valence-electron chi connectivity index (χ1n) is 6.20. The molecule has 0 fully saturated rings. The van der Waals surface area contributed by atoms with Crippen LogP contribution in [-0.4, -0.2) is 45.9 Å². The van der Waals surface area contributed by atoms with Gasteiger partial charge in [-0.05, 0) is 18.2 Å². The van der Waals surface area contributed by atoms with Crippen molar-refractivity contribution >= 4 is 21.6 Å². The Bertz CT molecular complexity index is 667. The highest BCUT2D eigenvalue weighted by Gasteiger charge is 2.19. The van der Waals surface area contributed by atoms with Crippen LogP contribution in [0.2, 0.25) is 0 Å². The highest BCUT2D eigenvalue weighted by molar-refractivity contribution is 7.89. The van der Waals surface area contributed by atoms with E-state index in [0.29, 0.717) is 18.9 Å². The van der Waals surface area contributed by atoms with Crippen LogP contribution in [0, 0.1) is 0 Å². The Kier molecular flexibility index (Phi) is 4.49. The van der Waals surface area contributed by atoms with Gasteiger partial charge in [-0.25, -0.2) is 12.7 Å². The molecule has 114 valence electrons. The van der Waals surface area contributed by atoms with Crippen molar-refractivity contribution in [2.45, 2.75) is 4.90 Å². The molecule has 1 aliphatic rings. The van der Waals surface area contributed by atoms with Crippen molar-refractivity contribution in [3.63, 3.8) is 0 Å². The number of amides is 1. The van der Waals surface area contributed by atoms with Crippen LogP contribution in [0.25, 0.3) is 0 Å². The summed E-state index contributed by atoms with van der Waals surface area (Å²) in [5.74, 6) is -0.434. The molecule has 1 aromatic carbocycles. The van der Waals surface area contributed by atoms with Crippen LogP contribution in [0.3, 0.4) is 0 Å². The van der Waals surface area contributed by atoms with E-state index in [9.17, 15) is 13.2 Å². The maximum absolute atomic E-state index is 12.0. The normalized spacial score (nSPS) is 14.9. The Morgan fingerprint density at radius 3 is 2.67 bits per heavy atom. The van der Waals surface area contributed by atoms with Gasteiger partial charge in [0.2, 0.25) is 15.8 Å². The third kappa shape index (κ3) is 3.53. The van der Waals surface area contributed by atoms with Gasteiger partial charge in [0.1, 0.15) is 19.5 Å². The standard InChI is InChI=1S/C13H16N2O5S/c1-15(2)21(17,18)11-5-3-4-10(8-11)14-13(16)12-9-19-6-7-20-12/h3-5,8-9H,6-7H2,1-2H3,(H,14,16). The summed E-state index contributed by atoms with van der Waals surface area (Å²) in [6, 6.07) is 6.00. The SMILES string of the molecule is CN(C)S(=O)(=O)c1cccc(NC(=O)C2=COCCO2)c1. The molecule has 1 aromatic rings. The smallest absolute Gasteiger partial charge is 0.294 e. The molecule has 0 radical (unpaired) electrons. The fourth-order valence-electron chi connectivity index (χ4n) is 1.63. The van der Waals surface area contributed by atoms with Crippen molar-refractivity contribution < 1.29 is 22.7 Å². The van der Waals surface area contributed by atoms with Gasteiger partial charge in [0.25, 0.3) is 5.91 Å². The molecule has 1 aliphatic heterocycles. The molecule has 1 amide bonds. The fraction of sp³-hybridized carbons (Fsp3) is 0.308. The van der Waals surface area contributed by atoms with Crippen LogP contribution in [0.5, 0.6) is 0 Å². The summed E-state index contributed by atoms with van der Waals surface area (Å²) < 4.78 is 35.3. The topological polar surface area (TPSA) is 84.9 Å². The highest BCUT2D eigenvalue weighted by Crippen LogP contribution is 2.18. The second-order valence-corrected chi connectivity index (χ2v) is 6.62. The van der Waals surface area contributed by atoms with Gasteiger partial charge >= 0.3 is 0 Å². The number of hydrogen-bond donors (Lipinski definition) is 1. The molecule has 7 nitrogen and oxygen atoms in total. The van der Waals surface area contributed by atoms with E-state index < -0.39 is 15.9 Å². The molecule has 0 spiro atoms. The molecule has 0 atom stereocenters. The summed E-state index contributed by atoms with van der Waals surface area (Å²) in [5, 5.41) is 2.57. The van der Waals surface area contributed by atoms with Gasteiger partial charge in [-0.15, -0.1) is 0 Å². The maximum Gasteiger partial charge on any atom is 0.294 e. The van der Waals surface area contributed by atoms with E-state index in [1.165, 1.54) is 32.5 Å². The molecule has 0 saturated heterocycles. The number of ether oxygens (including phenoxy) is 2. The van der Waals surface area contributed by atoms with Crippen molar-refractivity contribution in [3.05, 3.63) is 36.3 Å². The molecule has 21 heavy (non-hydrogen) atoms. The van der Waals surface area contributed by atoms with E-state index in [0.717, 1.165) is 4.31 Å². The van der Waals surface area contributed by atoms with Crippen LogP contribution < -0.4 is 5.32 Å². The number of nitrogens with one attached hydrogen (secondary N) is 1. The first kappa shape index (κ1) is 15.3. The minimum Gasteiger partial charge on any atom is -0.494 e. The van der Waals surface area contributed by atoms with E-state index >= 15 is 0 Å². The number of sulfonamides is 1. The maximum atomic E-state index is 12.0. The number of hydrogen-bond acceptors (Lipinski definition) is 5. The van der Waals surface area contributed by atoms with E-state index in [-0.39, 0.29) is 10.7 Å². The molecule has 0 aliphatic carbocycles. The zero-order chi connectivity index (χ0) is 15.5. The molecule has 0 bridgehead atoms. The molecular weight excluding hydrogens is 296 g/mol. The van der Waals surface area contributed by atoms with Crippen molar-refractivity contribution in [1.82, 2.24) is 4.31 Å². The van der Waals surface area contributed by atoms with Crippen molar-refractivity contribution in [1.29, 1.82) is 0 Å². The minimum absolute atomic E-state index is 0.0575. The van der Waals surface area contributed by atoms with Crippen molar-refractivity contribution in [2.75, 3.05) is 32.6 Å². The average Bonchev–Trinajstić information content (AvgIpc) is 2.48. The molecule has 1 N–H and O–H groups in total. The van der Waals surface area contributed by atoms with Crippen molar-refractivity contribution in [2.24, 2.45) is 0 Å². The van der Waals surface area contributed by atoms with Gasteiger partial charge in [-0.1, -0.05) is 6.07 Å². The molecule has 8 heteroatoms. The fourth-order valence-corrected chi connectivity index (χ4v) is 2.57. The number of rotatable bonds is 4. The first-order valence-corrected chi connectivity index (χ1v) is 7.64. The van der Waals surface area contributed by atoms with Crippen LogP contribution in [0.4, 0.5) is 5.69 Å². The van der Waals surface area contributed by atoms with Gasteiger partial charge in [0.15, 0.2) is 0 Å². The number of anilines is 1. The molecule has 2 rings (SSSR count). The minimum atomic E-state index is -3.55. The quantitative estimate of drug-likeness (QED) is 0.887. The predicted octanol–water partition coefficient (Wildman–Crippen LogP) is 0.764. The Hall–Kier alpha value is -2.06. The Balaban J connectivity index is 2.19. The van der Waals surface area contributed by atoms with Crippen LogP contribution >= 0.6 is 0 Å². The van der Waals surface area contributed by atoms with E-state index in [2.05, 4.69) is 5.32 Å². The van der Waals surface area contributed by atoms with Gasteiger partial charge in [0.05, 0.1) is 4.90 Å². The number of nitrogens with zero attached hydrogens (tertiary/aromatic N) is 1. The second-order valence-electron chi connectivity index (χ2n) is 4.47. The zero-order valence-electron chi connectivity index (χ0n) is 11.7. The van der Waals surface area contributed by atoms with Crippen LogP contribution in [-0.2, 0) is 24.3 Å². The van der Waals surface area contributed by atoms with Crippen LogP contribution in [0.15, 0.2) is 41.2 Å². The van der Waals surface area contributed by atoms with E-state index in [1.54, 1.807) is 12.1 Å². The second kappa shape index (κ2) is 6.15. The van der Waals surface area contributed by atoms with Gasteiger partial charge < -0.3 is 14.8 Å². The lowest BCUT2D eigenvalue weighted by Gasteiger charge is -2.16. The van der Waals surface area contributed by atoms with Crippen molar-refractivity contribution in [3.8, 4) is 0 Å². The lowest BCUT2D eigenvalue weighted by atomic mass is 10.3. The summed E-state index contributed by atoms with van der Waals surface area (Å²) in [5.41, 5.74) is 0.359. The monoisotopic (exact) mass is 312 g/mol. The van der Waals surface area contributed by atoms with Gasteiger partial charge in [-0.2, -0.15) is 0 Å². The molecular formula is C13H16N2O5S. The molecule has 0 aromatic heterocycles. The first-order chi connectivity index (χ1) is 9.91. The number of carbonyl (C=O) groups is 1. The number of benzene rings is 1. The number of carbonyl (C=O) groups excluding carboxylic acids is 1. The molecule has 0 saturated carbocycles. The van der Waals surface area contributed by atoms with Gasteiger partial charge in [0, 0.05) is 19.8 Å². The van der Waals surface area contributed by atoms with Gasteiger partial charge in [-0.3, -0.25) is 4.79 Å². The average molecular weight is 312 g/mol. The lowest BCUT2D eigenvalue weighted by Crippen LogP contribution is -2.23. The van der Waals surface area contributed by atoms with E-state index in [1.807, 2.05) is 0 Å². The van der Waals surface area contributed by atoms with Crippen LogP contribution in [0.1, 0.15) is 0 Å². The molecule has 0 unspecified atom stereocenters. The summed E-state index contributed by atoms with van der Waals surface area (Å²) >= 11 is 0. The largest absolute Gasteiger partial charge is 0.494 e. The van der Waals surface area contributed by atoms with E-state index in [4.69, 9.17) is 9.47 Å². The lowest BCUT2D eigenvalue weighted by molar-refractivity contribution is -0.117. The third-order valence-corrected chi connectivity index (χ3v) is 4.55. The predicted molar refractivity (Wildman–Crippen MR) is 75.9 cm³/mol. The summed E-state index contributed by atoms with van der Waals surface area (Å²) in [6.45, 7) is 0.696. The summed E-state index contributed by atoms with van der Waals surface area (Å²) in [7, 11) is -0.662. The summed E-state index contributed by atoms with van der Waals surface area (Å²) in [6.07, 6.45) is 1.24. The third-order valence-electron chi connectivity index (χ3n) is 2.74. The Morgan fingerprint density at radius 1 is 1.29 bits per heavy atom. The Labute approximate surface area is 123 Å². The zero-order valence-corrected chi connectivity index (χ0v) is 12.5. The highest BCUT2D eigenvalue weighted by atomic mass is 32.2. The molecule has 1 heterocycles.